The molecule has 0 aromatic carbocycles. The van der Waals surface area contributed by atoms with Gasteiger partial charge >= 0.3 is 5.97 Å². The summed E-state index contributed by atoms with van der Waals surface area (Å²) in [6, 6.07) is -1.23. The van der Waals surface area contributed by atoms with Gasteiger partial charge in [0.05, 0.1) is 37.6 Å². The number of Topliss-reactive ketones (excluding diaryl/α,β-unsaturated/α-hetero) is 3. The van der Waals surface area contributed by atoms with Crippen molar-refractivity contribution in [3.8, 4) is 0 Å². The van der Waals surface area contributed by atoms with E-state index in [4.69, 9.17) is 28.4 Å². The number of piperidine rings is 1. The van der Waals surface area contributed by atoms with E-state index in [0.29, 0.717) is 50.5 Å². The maximum atomic E-state index is 14.4. The molecule has 4 aliphatic rings. The van der Waals surface area contributed by atoms with Gasteiger partial charge in [-0.05, 0) is 107 Å². The molecule has 0 aromatic rings. The lowest BCUT2D eigenvalue weighted by Gasteiger charge is -2.42. The van der Waals surface area contributed by atoms with E-state index < -0.39 is 84.1 Å². The number of amides is 1. The zero-order valence-electron chi connectivity index (χ0n) is 41.9. The van der Waals surface area contributed by atoms with Crippen LogP contribution in [-0.4, -0.2) is 156 Å². The molecule has 15 atom stereocenters. The number of ketones is 3. The second kappa shape index (κ2) is 27.2. The minimum Gasteiger partial charge on any atom is -0.460 e. The minimum atomic E-state index is -2.88. The second-order valence-corrected chi connectivity index (χ2v) is 19.8. The number of ether oxygens (including phenoxy) is 6. The monoisotopic (exact) mass is 960 g/mol. The number of aliphatic hydroxyl groups excluding tert-OH is 3. The fraction of sp³-hybridized carbons (Fsp3) is 0.750. The van der Waals surface area contributed by atoms with E-state index >= 15 is 0 Å². The summed E-state index contributed by atoms with van der Waals surface area (Å²) < 4.78 is 35.4. The minimum absolute atomic E-state index is 0.00141. The molecular formula is C52H81NO15. The van der Waals surface area contributed by atoms with Crippen LogP contribution >= 0.6 is 0 Å². The lowest BCUT2D eigenvalue weighted by atomic mass is 9.78. The van der Waals surface area contributed by atoms with Crippen LogP contribution in [0.5, 0.6) is 0 Å². The normalized spacial score (nSPS) is 37.9. The van der Waals surface area contributed by atoms with Crippen LogP contribution in [0.1, 0.15) is 119 Å². The third-order valence-corrected chi connectivity index (χ3v) is 14.5. The number of hydrogen-bond donors (Lipinski definition) is 4. The summed E-state index contributed by atoms with van der Waals surface area (Å²) in [6.07, 6.45) is 8.49. The van der Waals surface area contributed by atoms with Crippen molar-refractivity contribution < 1.29 is 72.8 Å². The number of cyclic esters (lactones) is 1. The highest BCUT2D eigenvalue weighted by Gasteiger charge is 2.54. The van der Waals surface area contributed by atoms with E-state index in [2.05, 4.69) is 0 Å². The lowest BCUT2D eigenvalue weighted by molar-refractivity contribution is -0.282. The van der Waals surface area contributed by atoms with E-state index in [9.17, 15) is 44.4 Å². The third kappa shape index (κ3) is 15.3. The number of fused-ring (bicyclic) bond motifs is 3. The zero-order chi connectivity index (χ0) is 50.3. The van der Waals surface area contributed by atoms with Crippen molar-refractivity contribution in [1.29, 1.82) is 0 Å². The van der Waals surface area contributed by atoms with Crippen molar-refractivity contribution in [2.24, 2.45) is 29.6 Å². The van der Waals surface area contributed by atoms with Gasteiger partial charge in [-0.25, -0.2) is 4.79 Å². The Bertz CT molecular complexity index is 1810. The van der Waals surface area contributed by atoms with Crippen LogP contribution in [0.25, 0.3) is 0 Å². The Balaban J connectivity index is 1.74. The van der Waals surface area contributed by atoms with E-state index in [0.717, 1.165) is 10.5 Å². The van der Waals surface area contributed by atoms with Gasteiger partial charge in [-0.15, -0.1) is 0 Å². The molecule has 1 aliphatic carbocycles. The molecule has 0 aromatic heterocycles. The molecule has 68 heavy (non-hydrogen) atoms. The number of allylic oxidation sites excluding steroid dienone is 6. The van der Waals surface area contributed by atoms with Crippen LogP contribution in [0.2, 0.25) is 0 Å². The number of methoxy groups -OCH3 is 3. The molecular weight excluding hydrogens is 879 g/mol. The van der Waals surface area contributed by atoms with Gasteiger partial charge in [-0.1, -0.05) is 64.2 Å². The van der Waals surface area contributed by atoms with Crippen molar-refractivity contribution in [2.75, 3.05) is 41.1 Å². The highest BCUT2D eigenvalue weighted by Crippen LogP contribution is 2.36. The smallest absolute Gasteiger partial charge is 0.329 e. The number of esters is 1. The van der Waals surface area contributed by atoms with Gasteiger partial charge in [0.1, 0.15) is 36.2 Å². The van der Waals surface area contributed by atoms with Crippen molar-refractivity contribution >= 4 is 29.2 Å². The van der Waals surface area contributed by atoms with E-state index in [1.807, 2.05) is 58.1 Å². The van der Waals surface area contributed by atoms with E-state index in [1.54, 1.807) is 27.0 Å². The Labute approximate surface area is 403 Å². The Morgan fingerprint density at radius 2 is 1.59 bits per heavy atom. The van der Waals surface area contributed by atoms with Gasteiger partial charge in [-0.2, -0.15) is 0 Å². The second-order valence-electron chi connectivity index (χ2n) is 19.8. The summed E-state index contributed by atoms with van der Waals surface area (Å²) in [4.78, 5) is 72.1. The highest BCUT2D eigenvalue weighted by molar-refractivity contribution is 6.39. The van der Waals surface area contributed by atoms with Crippen LogP contribution < -0.4 is 0 Å². The molecule has 16 nitrogen and oxygen atoms in total. The Morgan fingerprint density at radius 1 is 0.853 bits per heavy atom. The summed E-state index contributed by atoms with van der Waals surface area (Å²) >= 11 is 0. The van der Waals surface area contributed by atoms with Crippen LogP contribution in [0.4, 0.5) is 0 Å². The van der Waals surface area contributed by atoms with Gasteiger partial charge in [0.15, 0.2) is 5.78 Å². The maximum absolute atomic E-state index is 14.4. The number of rotatable bonds is 9. The van der Waals surface area contributed by atoms with Crippen LogP contribution in [0.3, 0.4) is 0 Å². The van der Waals surface area contributed by atoms with Crippen molar-refractivity contribution in [3.05, 3.63) is 47.6 Å². The molecule has 2 saturated heterocycles. The quantitative estimate of drug-likeness (QED) is 0.137. The van der Waals surface area contributed by atoms with Crippen molar-refractivity contribution in [2.45, 2.75) is 179 Å². The molecule has 4 rings (SSSR count). The average Bonchev–Trinajstić information content (AvgIpc) is 3.32. The summed E-state index contributed by atoms with van der Waals surface area (Å²) in [5, 5.41) is 43.0. The van der Waals surface area contributed by atoms with Gasteiger partial charge in [0.25, 0.3) is 17.5 Å². The Hall–Kier alpha value is -3.45. The van der Waals surface area contributed by atoms with Crippen LogP contribution in [0.15, 0.2) is 47.6 Å². The SMILES string of the molecule is CO[C@H]1C[C@@H]2CC[C@@H](O)[C@@](O)(O2)C(=O)C(=O)N2CCCC[C@@H]2C(=O)O[C@@H]([C@H](C)C[C@@H]2CC[C@@H](O)[C@H](OC)C2)CC(=O)[C@H](C)/C=C(\C)[C@@H](OCCO)[C@@H](OC)C(=O)[C@H](C)C[C@@H](C)/C=C/C=CC=C1C. The molecule has 1 saturated carbocycles. The van der Waals surface area contributed by atoms with Crippen LogP contribution in [-0.2, 0) is 52.4 Å². The molecule has 1 amide bonds. The molecule has 3 aliphatic heterocycles. The number of nitrogens with zero attached hydrogens (tertiary/aromatic N) is 1. The molecule has 0 unspecified atom stereocenters. The number of hydrogen-bond acceptors (Lipinski definition) is 15. The first kappa shape index (κ1) is 57.1. The topological polar surface area (TPSA) is 225 Å². The first-order valence-corrected chi connectivity index (χ1v) is 24.7. The average molecular weight is 960 g/mol. The highest BCUT2D eigenvalue weighted by atomic mass is 16.7. The number of carbonyl (C=O) groups is 5. The van der Waals surface area contributed by atoms with Crippen molar-refractivity contribution in [1.82, 2.24) is 4.90 Å². The lowest BCUT2D eigenvalue weighted by Crippen LogP contribution is -2.63. The largest absolute Gasteiger partial charge is 0.460 e. The summed E-state index contributed by atoms with van der Waals surface area (Å²) in [6.45, 7) is 10.7. The van der Waals surface area contributed by atoms with Gasteiger partial charge in [0.2, 0.25) is 0 Å². The van der Waals surface area contributed by atoms with Gasteiger partial charge in [-0.3, -0.25) is 19.2 Å². The first-order chi connectivity index (χ1) is 32.3. The maximum Gasteiger partial charge on any atom is 0.329 e. The molecule has 16 heteroatoms. The zero-order valence-corrected chi connectivity index (χ0v) is 41.9. The van der Waals surface area contributed by atoms with Crippen molar-refractivity contribution in [3.63, 3.8) is 0 Å². The summed E-state index contributed by atoms with van der Waals surface area (Å²) in [7, 11) is 4.51. The van der Waals surface area contributed by atoms with E-state index in [-0.39, 0.29) is 87.3 Å². The molecule has 384 valence electrons. The molecule has 3 heterocycles. The Kier molecular flexibility index (Phi) is 22.9. The van der Waals surface area contributed by atoms with Crippen LogP contribution in [0, 0.1) is 29.6 Å². The predicted octanol–water partition coefficient (Wildman–Crippen LogP) is 4.92. The standard InChI is InChI=1S/C52H81NO15/c1-31-15-11-10-12-16-32(2)42(63-7)29-38-19-21-45(57)52(62,68-38)49(59)50(60)53-22-14-13-17-39(53)51(61)67-43(34(4)27-37-18-20-40(55)44(28-37)64-8)30-41(56)33(3)26-36(6)47(66-24-23-54)48(65-9)46(58)35(5)25-31/h10-12,15-16,26,31,33-35,37-40,42-45,47-48,54-55,57,62H,13-14,17-25,27-30H2,1-9H3/b12-10?,15-11+,32-16?,36-26+/t31-,33+,34+,35+,37-,38-,39+,40+,42-,43+,44+,45+,47+,48-,52+/m0/s1. The van der Waals surface area contributed by atoms with Gasteiger partial charge in [0, 0.05) is 52.6 Å². The molecule has 4 N–H and O–H groups in total. The van der Waals surface area contributed by atoms with Gasteiger partial charge < -0.3 is 53.7 Å². The predicted molar refractivity (Wildman–Crippen MR) is 253 cm³/mol. The fourth-order valence-electron chi connectivity index (χ4n) is 10.3. The third-order valence-electron chi connectivity index (χ3n) is 14.5. The first-order valence-electron chi connectivity index (χ1n) is 24.7. The Morgan fingerprint density at radius 3 is 2.26 bits per heavy atom. The molecule has 2 bridgehead atoms. The molecule has 0 radical (unpaired) electrons. The fourth-order valence-corrected chi connectivity index (χ4v) is 10.3. The molecule has 3 fully saturated rings. The molecule has 0 spiro atoms. The number of aliphatic hydroxyl groups is 4. The van der Waals surface area contributed by atoms with E-state index in [1.165, 1.54) is 14.2 Å². The number of carbonyl (C=O) groups excluding carboxylic acids is 5. The summed E-state index contributed by atoms with van der Waals surface area (Å²) in [5.74, 6) is -8.20. The summed E-state index contributed by atoms with van der Waals surface area (Å²) in [5.41, 5.74) is 1.36.